The molecule has 1 aliphatic rings. The second kappa shape index (κ2) is 9.04. The van der Waals surface area contributed by atoms with E-state index in [4.69, 9.17) is 5.11 Å². The van der Waals surface area contributed by atoms with E-state index in [1.165, 1.54) is 18.0 Å². The lowest BCUT2D eigenvalue weighted by atomic mass is 10.1. The highest BCUT2D eigenvalue weighted by molar-refractivity contribution is 8.01. The smallest absolute Gasteiger partial charge is 0.347 e. The Morgan fingerprint density at radius 3 is 2.71 bits per heavy atom. The van der Waals surface area contributed by atoms with Crippen LogP contribution in [-0.2, 0) is 4.79 Å². The van der Waals surface area contributed by atoms with Crippen molar-refractivity contribution >= 4 is 40.7 Å². The average Bonchev–Trinajstić information content (AvgIpc) is 3.27. The first kappa shape index (κ1) is 20.8. The highest BCUT2D eigenvalue weighted by atomic mass is 32.2. The molecule has 1 aliphatic heterocycles. The van der Waals surface area contributed by atoms with Gasteiger partial charge in [-0.25, -0.2) is 19.8 Å². The van der Waals surface area contributed by atoms with Crippen LogP contribution in [-0.4, -0.2) is 50.9 Å². The van der Waals surface area contributed by atoms with Crippen LogP contribution in [0.5, 0.6) is 0 Å². The minimum Gasteiger partial charge on any atom is -0.477 e. The van der Waals surface area contributed by atoms with Gasteiger partial charge >= 0.3 is 5.97 Å². The topological polar surface area (TPSA) is 94.0 Å². The average molecular weight is 422 g/mol. The number of carbonyl (C=O) groups is 2. The lowest BCUT2D eigenvalue weighted by Gasteiger charge is -2.28. The van der Waals surface area contributed by atoms with Gasteiger partial charge in [0.15, 0.2) is 4.34 Å². The zero-order valence-corrected chi connectivity index (χ0v) is 17.4. The van der Waals surface area contributed by atoms with Crippen molar-refractivity contribution in [3.8, 4) is 0 Å². The van der Waals surface area contributed by atoms with Crippen LogP contribution in [0.2, 0.25) is 0 Å². The van der Waals surface area contributed by atoms with Crippen molar-refractivity contribution in [1.82, 2.24) is 9.99 Å². The minimum atomic E-state index is -0.967. The number of aromatic nitrogens is 1. The van der Waals surface area contributed by atoms with Crippen LogP contribution in [0.3, 0.4) is 0 Å². The fourth-order valence-corrected chi connectivity index (χ4v) is 4.89. The van der Waals surface area contributed by atoms with Crippen molar-refractivity contribution in [3.05, 3.63) is 40.9 Å². The van der Waals surface area contributed by atoms with Gasteiger partial charge in [-0.15, -0.1) is 11.3 Å². The Morgan fingerprint density at radius 1 is 1.39 bits per heavy atom. The summed E-state index contributed by atoms with van der Waals surface area (Å²) in [5.74, 6) is -0.317. The number of anilines is 1. The molecule has 2 aromatic rings. The summed E-state index contributed by atoms with van der Waals surface area (Å²) in [5.41, 5.74) is 1.62. The molecule has 28 heavy (non-hydrogen) atoms. The number of aliphatic hydroxyl groups is 1. The van der Waals surface area contributed by atoms with Crippen molar-refractivity contribution in [1.29, 1.82) is 0 Å². The molecule has 3 rings (SSSR count). The number of rotatable bonds is 8. The molecule has 2 heterocycles. The number of amides is 1. The van der Waals surface area contributed by atoms with E-state index in [1.54, 1.807) is 5.01 Å². The van der Waals surface area contributed by atoms with Gasteiger partial charge in [-0.3, -0.25) is 4.79 Å². The monoisotopic (exact) mass is 421 g/mol. The first-order valence-electron chi connectivity index (χ1n) is 9.09. The number of thioether (sulfide) groups is 1. The SMILES string of the molecule is CCC(O)c1ccc(N2C(=O)C(C)CN2CCSc2ncc(C(=O)O)s2)cc1. The summed E-state index contributed by atoms with van der Waals surface area (Å²) in [6.45, 7) is 5.11. The maximum absolute atomic E-state index is 12.7. The molecule has 0 bridgehead atoms. The van der Waals surface area contributed by atoms with E-state index < -0.39 is 12.1 Å². The number of aromatic carboxylic acids is 1. The van der Waals surface area contributed by atoms with E-state index in [2.05, 4.69) is 4.98 Å². The van der Waals surface area contributed by atoms with Crippen LogP contribution in [0.1, 0.15) is 41.6 Å². The maximum atomic E-state index is 12.7. The molecule has 0 saturated carbocycles. The van der Waals surface area contributed by atoms with Gasteiger partial charge in [0.25, 0.3) is 0 Å². The van der Waals surface area contributed by atoms with Crippen LogP contribution >= 0.6 is 23.1 Å². The highest BCUT2D eigenvalue weighted by Gasteiger charge is 2.36. The van der Waals surface area contributed by atoms with Gasteiger partial charge in [0.05, 0.1) is 23.9 Å². The Bertz CT molecular complexity index is 840. The van der Waals surface area contributed by atoms with Crippen LogP contribution in [0.4, 0.5) is 5.69 Å². The molecule has 150 valence electrons. The number of carboxylic acids is 1. The summed E-state index contributed by atoms with van der Waals surface area (Å²) >= 11 is 2.64. The van der Waals surface area contributed by atoms with Crippen molar-refractivity contribution in [2.75, 3.05) is 23.9 Å². The fourth-order valence-electron chi connectivity index (χ4n) is 3.04. The van der Waals surface area contributed by atoms with Crippen LogP contribution < -0.4 is 5.01 Å². The second-order valence-electron chi connectivity index (χ2n) is 6.62. The number of hydrazine groups is 1. The third kappa shape index (κ3) is 4.54. The van der Waals surface area contributed by atoms with Crippen molar-refractivity contribution in [2.24, 2.45) is 5.92 Å². The van der Waals surface area contributed by atoms with Crippen molar-refractivity contribution < 1.29 is 19.8 Å². The molecule has 2 atom stereocenters. The largest absolute Gasteiger partial charge is 0.477 e. The number of carboxylic acid groups (broad SMARTS) is 1. The summed E-state index contributed by atoms with van der Waals surface area (Å²) in [6, 6.07) is 7.44. The number of aliphatic hydroxyl groups excluding tert-OH is 1. The lowest BCUT2D eigenvalue weighted by molar-refractivity contribution is -0.120. The van der Waals surface area contributed by atoms with E-state index in [0.717, 1.165) is 22.6 Å². The Balaban J connectivity index is 1.65. The van der Waals surface area contributed by atoms with Gasteiger partial charge in [0.2, 0.25) is 5.91 Å². The molecular formula is C19H23N3O4S2. The molecule has 2 unspecified atom stereocenters. The highest BCUT2D eigenvalue weighted by Crippen LogP contribution is 2.29. The summed E-state index contributed by atoms with van der Waals surface area (Å²) in [7, 11) is 0. The van der Waals surface area contributed by atoms with E-state index in [9.17, 15) is 14.7 Å². The van der Waals surface area contributed by atoms with Crippen LogP contribution in [0, 0.1) is 5.92 Å². The molecule has 7 nitrogen and oxygen atoms in total. The predicted molar refractivity (Wildman–Crippen MR) is 110 cm³/mol. The maximum Gasteiger partial charge on any atom is 0.347 e. The Kier molecular flexibility index (Phi) is 6.71. The van der Waals surface area contributed by atoms with E-state index in [1.807, 2.05) is 43.1 Å². The minimum absolute atomic E-state index is 0.0520. The number of benzene rings is 1. The number of hydrogen-bond donors (Lipinski definition) is 2. The number of thiazole rings is 1. The van der Waals surface area contributed by atoms with Gasteiger partial charge < -0.3 is 10.2 Å². The molecule has 0 radical (unpaired) electrons. The molecule has 9 heteroatoms. The fraction of sp³-hybridized carbons (Fsp3) is 0.421. The summed E-state index contributed by atoms with van der Waals surface area (Å²) in [4.78, 5) is 27.9. The second-order valence-corrected chi connectivity index (χ2v) is 9.00. The number of hydrogen-bond acceptors (Lipinski definition) is 7. The standard InChI is InChI=1S/C19H23N3O4S2/c1-3-15(23)13-4-6-14(7-5-13)22-17(24)12(2)11-21(22)8-9-27-19-20-10-16(28-19)18(25)26/h4-7,10,12,15,23H,3,8-9,11H2,1-2H3,(H,25,26). The van der Waals surface area contributed by atoms with Crippen molar-refractivity contribution in [2.45, 2.75) is 30.7 Å². The summed E-state index contributed by atoms with van der Waals surface area (Å²) < 4.78 is 0.709. The first-order valence-corrected chi connectivity index (χ1v) is 10.9. The summed E-state index contributed by atoms with van der Waals surface area (Å²) in [5, 5.41) is 22.7. The molecule has 1 fully saturated rings. The molecule has 1 saturated heterocycles. The zero-order valence-electron chi connectivity index (χ0n) is 15.7. The Hall–Kier alpha value is -1.94. The molecule has 0 spiro atoms. The molecule has 0 aliphatic carbocycles. The molecule has 1 aromatic carbocycles. The van der Waals surface area contributed by atoms with E-state index in [0.29, 0.717) is 29.6 Å². The summed E-state index contributed by atoms with van der Waals surface area (Å²) in [6.07, 6.45) is 1.52. The van der Waals surface area contributed by atoms with Crippen molar-refractivity contribution in [3.63, 3.8) is 0 Å². The zero-order chi connectivity index (χ0) is 20.3. The lowest BCUT2D eigenvalue weighted by Crippen LogP contribution is -2.40. The molecule has 2 N–H and O–H groups in total. The normalized spacial score (nSPS) is 18.6. The van der Waals surface area contributed by atoms with Gasteiger partial charge in [-0.1, -0.05) is 37.7 Å². The number of carbonyl (C=O) groups excluding carboxylic acids is 1. The third-order valence-electron chi connectivity index (χ3n) is 4.58. The Morgan fingerprint density at radius 2 is 2.11 bits per heavy atom. The first-order chi connectivity index (χ1) is 13.4. The van der Waals surface area contributed by atoms with Crippen LogP contribution in [0.15, 0.2) is 34.8 Å². The van der Waals surface area contributed by atoms with Gasteiger partial charge in [0, 0.05) is 18.8 Å². The Labute approximate surface area is 172 Å². The van der Waals surface area contributed by atoms with Gasteiger partial charge in [-0.05, 0) is 24.1 Å². The molecular weight excluding hydrogens is 398 g/mol. The molecule has 1 aromatic heterocycles. The van der Waals surface area contributed by atoms with Crippen LogP contribution in [0.25, 0.3) is 0 Å². The quantitative estimate of drug-likeness (QED) is 0.632. The number of nitrogens with zero attached hydrogens (tertiary/aromatic N) is 3. The van der Waals surface area contributed by atoms with Gasteiger partial charge in [-0.2, -0.15) is 0 Å². The molecule has 1 amide bonds. The van der Waals surface area contributed by atoms with E-state index in [-0.39, 0.29) is 16.7 Å². The predicted octanol–water partition coefficient (Wildman–Crippen LogP) is 3.28. The van der Waals surface area contributed by atoms with E-state index >= 15 is 0 Å². The third-order valence-corrected chi connectivity index (χ3v) is 6.70. The van der Waals surface area contributed by atoms with Gasteiger partial charge in [0.1, 0.15) is 4.88 Å².